The summed E-state index contributed by atoms with van der Waals surface area (Å²) >= 11 is 3.29. The summed E-state index contributed by atoms with van der Waals surface area (Å²) in [6.45, 7) is 3.56. The molecule has 0 fully saturated rings. The molecule has 19 heavy (non-hydrogen) atoms. The van der Waals surface area contributed by atoms with Gasteiger partial charge >= 0.3 is 0 Å². The van der Waals surface area contributed by atoms with Crippen LogP contribution in [0.5, 0.6) is 0 Å². The molecule has 4 nitrogen and oxygen atoms in total. The molecule has 0 aliphatic heterocycles. The average Bonchev–Trinajstić information content (AvgIpc) is 2.33. The molecular formula is C13H13BrN2O2S. The molecule has 0 aliphatic rings. The summed E-state index contributed by atoms with van der Waals surface area (Å²) in [6.07, 6.45) is 1.56. The van der Waals surface area contributed by atoms with Gasteiger partial charge in [-0.25, -0.2) is 13.4 Å². The van der Waals surface area contributed by atoms with E-state index in [1.165, 1.54) is 0 Å². The molecule has 0 unspecified atom stereocenters. The van der Waals surface area contributed by atoms with Crippen molar-refractivity contribution in [1.82, 2.24) is 4.98 Å². The summed E-state index contributed by atoms with van der Waals surface area (Å²) in [5, 5.41) is 0. The Morgan fingerprint density at radius 2 is 1.84 bits per heavy atom. The van der Waals surface area contributed by atoms with Crippen molar-refractivity contribution in [1.29, 1.82) is 0 Å². The van der Waals surface area contributed by atoms with Gasteiger partial charge in [-0.15, -0.1) is 0 Å². The molecule has 0 atom stereocenters. The highest BCUT2D eigenvalue weighted by Gasteiger charge is 2.17. The second kappa shape index (κ2) is 5.30. The van der Waals surface area contributed by atoms with Crippen molar-refractivity contribution in [3.8, 4) is 0 Å². The number of nitrogens with one attached hydrogen (secondary N) is 1. The first-order valence-electron chi connectivity index (χ1n) is 5.61. The van der Waals surface area contributed by atoms with Gasteiger partial charge in [0.05, 0.1) is 4.90 Å². The number of halogens is 1. The van der Waals surface area contributed by atoms with E-state index in [-0.39, 0.29) is 4.90 Å². The van der Waals surface area contributed by atoms with Gasteiger partial charge in [0, 0.05) is 10.7 Å². The van der Waals surface area contributed by atoms with Gasteiger partial charge in [0.1, 0.15) is 5.82 Å². The number of aromatic nitrogens is 1. The lowest BCUT2D eigenvalue weighted by atomic mass is 10.2. The molecule has 1 aromatic carbocycles. The third-order valence-electron chi connectivity index (χ3n) is 2.66. The van der Waals surface area contributed by atoms with Gasteiger partial charge in [-0.1, -0.05) is 18.2 Å². The third-order valence-corrected chi connectivity index (χ3v) is 4.59. The molecule has 0 saturated heterocycles. The predicted molar refractivity (Wildman–Crippen MR) is 78.7 cm³/mol. The SMILES string of the molecule is Cc1ccccc1S(=O)(=O)Nc1ncc(Br)cc1C. The minimum Gasteiger partial charge on any atom is -0.263 e. The molecule has 0 spiro atoms. The van der Waals surface area contributed by atoms with Crippen LogP contribution in [0.25, 0.3) is 0 Å². The fraction of sp³-hybridized carbons (Fsp3) is 0.154. The Morgan fingerprint density at radius 1 is 1.16 bits per heavy atom. The largest absolute Gasteiger partial charge is 0.263 e. The normalized spacial score (nSPS) is 11.3. The standard InChI is InChI=1S/C13H13BrN2O2S/c1-9-5-3-4-6-12(9)19(17,18)16-13-10(2)7-11(14)8-15-13/h3-8H,1-2H3,(H,15,16). The highest BCUT2D eigenvalue weighted by molar-refractivity contribution is 9.10. The number of anilines is 1. The van der Waals surface area contributed by atoms with Crippen molar-refractivity contribution >= 4 is 31.8 Å². The van der Waals surface area contributed by atoms with Crippen molar-refractivity contribution in [3.63, 3.8) is 0 Å². The van der Waals surface area contributed by atoms with Crippen LogP contribution >= 0.6 is 15.9 Å². The van der Waals surface area contributed by atoms with Crippen molar-refractivity contribution in [2.75, 3.05) is 4.72 Å². The Labute approximate surface area is 121 Å². The Bertz CT molecular complexity index is 714. The van der Waals surface area contributed by atoms with Crippen molar-refractivity contribution in [2.45, 2.75) is 18.7 Å². The van der Waals surface area contributed by atoms with Gasteiger partial charge in [0.2, 0.25) is 0 Å². The van der Waals surface area contributed by atoms with E-state index < -0.39 is 10.0 Å². The first-order valence-corrected chi connectivity index (χ1v) is 7.88. The van der Waals surface area contributed by atoms with Crippen LogP contribution in [0, 0.1) is 13.8 Å². The number of benzene rings is 1. The fourth-order valence-electron chi connectivity index (χ4n) is 1.69. The molecule has 1 N–H and O–H groups in total. The highest BCUT2D eigenvalue weighted by atomic mass is 79.9. The van der Waals surface area contributed by atoms with Crippen LogP contribution in [-0.4, -0.2) is 13.4 Å². The van der Waals surface area contributed by atoms with Gasteiger partial charge in [0.15, 0.2) is 0 Å². The minimum absolute atomic E-state index is 0.263. The molecule has 0 amide bonds. The molecule has 2 aromatic rings. The number of nitrogens with zero attached hydrogens (tertiary/aromatic N) is 1. The lowest BCUT2D eigenvalue weighted by molar-refractivity contribution is 0.600. The average molecular weight is 341 g/mol. The topological polar surface area (TPSA) is 59.1 Å². The lowest BCUT2D eigenvalue weighted by Crippen LogP contribution is -2.15. The van der Waals surface area contributed by atoms with E-state index in [4.69, 9.17) is 0 Å². The molecule has 0 saturated carbocycles. The number of rotatable bonds is 3. The molecule has 2 rings (SSSR count). The molecule has 0 aliphatic carbocycles. The second-order valence-electron chi connectivity index (χ2n) is 4.19. The maximum absolute atomic E-state index is 12.3. The minimum atomic E-state index is -3.61. The van der Waals surface area contributed by atoms with E-state index >= 15 is 0 Å². The number of sulfonamides is 1. The van der Waals surface area contributed by atoms with E-state index in [1.54, 1.807) is 44.3 Å². The van der Waals surface area contributed by atoms with E-state index in [0.717, 1.165) is 10.0 Å². The number of pyridine rings is 1. The van der Waals surface area contributed by atoms with Gasteiger partial charge in [-0.05, 0) is 53.0 Å². The summed E-state index contributed by atoms with van der Waals surface area (Å²) in [6, 6.07) is 8.64. The highest BCUT2D eigenvalue weighted by Crippen LogP contribution is 2.21. The molecule has 1 heterocycles. The molecule has 6 heteroatoms. The first kappa shape index (κ1) is 14.0. The van der Waals surface area contributed by atoms with Crippen LogP contribution in [-0.2, 0) is 10.0 Å². The summed E-state index contributed by atoms with van der Waals surface area (Å²) in [5.41, 5.74) is 1.45. The van der Waals surface area contributed by atoms with E-state index in [9.17, 15) is 8.42 Å². The zero-order valence-corrected chi connectivity index (χ0v) is 12.9. The second-order valence-corrected chi connectivity index (χ2v) is 6.76. The van der Waals surface area contributed by atoms with Crippen LogP contribution in [0.1, 0.15) is 11.1 Å². The van der Waals surface area contributed by atoms with Crippen molar-refractivity contribution in [3.05, 3.63) is 52.1 Å². The zero-order chi connectivity index (χ0) is 14.0. The predicted octanol–water partition coefficient (Wildman–Crippen LogP) is 3.26. The Balaban J connectivity index is 2.40. The van der Waals surface area contributed by atoms with Crippen molar-refractivity contribution in [2.24, 2.45) is 0 Å². The van der Waals surface area contributed by atoms with Gasteiger partial charge in [-0.3, -0.25) is 4.72 Å². The van der Waals surface area contributed by atoms with E-state index in [0.29, 0.717) is 11.4 Å². The van der Waals surface area contributed by atoms with Gasteiger partial charge in [-0.2, -0.15) is 0 Å². The Morgan fingerprint density at radius 3 is 2.47 bits per heavy atom. The quantitative estimate of drug-likeness (QED) is 0.932. The maximum Gasteiger partial charge on any atom is 0.263 e. The Hall–Kier alpha value is -1.40. The molecular weight excluding hydrogens is 328 g/mol. The lowest BCUT2D eigenvalue weighted by Gasteiger charge is -2.11. The third kappa shape index (κ3) is 3.13. The monoisotopic (exact) mass is 340 g/mol. The number of aryl methyl sites for hydroxylation is 2. The van der Waals surface area contributed by atoms with Crippen LogP contribution in [0.3, 0.4) is 0 Å². The smallest absolute Gasteiger partial charge is 0.263 e. The van der Waals surface area contributed by atoms with Gasteiger partial charge < -0.3 is 0 Å². The zero-order valence-electron chi connectivity index (χ0n) is 10.5. The van der Waals surface area contributed by atoms with Crippen LogP contribution in [0.2, 0.25) is 0 Å². The summed E-state index contributed by atoms with van der Waals surface area (Å²) in [5.74, 6) is 0.339. The van der Waals surface area contributed by atoms with E-state index in [1.807, 2.05) is 6.07 Å². The van der Waals surface area contributed by atoms with Crippen LogP contribution < -0.4 is 4.72 Å². The van der Waals surface area contributed by atoms with Crippen molar-refractivity contribution < 1.29 is 8.42 Å². The van der Waals surface area contributed by atoms with Crippen LogP contribution in [0.15, 0.2) is 45.9 Å². The Kier molecular flexibility index (Phi) is 3.91. The summed E-state index contributed by atoms with van der Waals surface area (Å²) < 4.78 is 27.9. The maximum atomic E-state index is 12.3. The summed E-state index contributed by atoms with van der Waals surface area (Å²) in [4.78, 5) is 4.34. The van der Waals surface area contributed by atoms with Gasteiger partial charge in [0.25, 0.3) is 10.0 Å². The number of hydrogen-bond donors (Lipinski definition) is 1. The summed E-state index contributed by atoms with van der Waals surface area (Å²) in [7, 11) is -3.61. The molecule has 1 aromatic heterocycles. The molecule has 0 bridgehead atoms. The number of hydrogen-bond acceptors (Lipinski definition) is 3. The van der Waals surface area contributed by atoms with Crippen LogP contribution in [0.4, 0.5) is 5.82 Å². The molecule has 0 radical (unpaired) electrons. The first-order chi connectivity index (χ1) is 8.90. The fourth-order valence-corrected chi connectivity index (χ4v) is 3.46. The molecule has 100 valence electrons. The van der Waals surface area contributed by atoms with E-state index in [2.05, 4.69) is 25.6 Å².